The second kappa shape index (κ2) is 5.97. The number of pyridine rings is 1. The van der Waals surface area contributed by atoms with Gasteiger partial charge in [-0.15, -0.1) is 0 Å². The highest BCUT2D eigenvalue weighted by Crippen LogP contribution is 2.24. The molecule has 0 spiro atoms. The summed E-state index contributed by atoms with van der Waals surface area (Å²) in [5.74, 6) is 0.800. The van der Waals surface area contributed by atoms with Crippen LogP contribution in [0, 0.1) is 6.92 Å². The van der Waals surface area contributed by atoms with Crippen LogP contribution in [0.4, 0.5) is 0 Å². The topological polar surface area (TPSA) is 39.2 Å². The second-order valence-corrected chi connectivity index (χ2v) is 5.05. The third-order valence-corrected chi connectivity index (χ3v) is 3.68. The first-order chi connectivity index (χ1) is 9.11. The predicted molar refractivity (Wildman–Crippen MR) is 77.7 cm³/mol. The van der Waals surface area contributed by atoms with Crippen molar-refractivity contribution in [2.24, 2.45) is 0 Å². The van der Waals surface area contributed by atoms with Crippen LogP contribution < -0.4 is 4.74 Å². The fraction of sp³-hybridized carbons (Fsp3) is 0.200. The molecule has 1 aromatic heterocycles. The Balaban J connectivity index is 2.26. The quantitative estimate of drug-likeness (QED) is 0.808. The molecule has 2 aromatic rings. The van der Waals surface area contributed by atoms with Crippen LogP contribution in [0.1, 0.15) is 21.6 Å². The molecule has 0 bridgehead atoms. The molecule has 2 rings (SSSR count). The van der Waals surface area contributed by atoms with Crippen LogP contribution >= 0.6 is 15.9 Å². The van der Waals surface area contributed by atoms with Gasteiger partial charge >= 0.3 is 0 Å². The Kier molecular flexibility index (Phi) is 4.32. The van der Waals surface area contributed by atoms with Crippen LogP contribution in [0.15, 0.2) is 41.0 Å². The van der Waals surface area contributed by atoms with Gasteiger partial charge in [0.2, 0.25) is 0 Å². The first-order valence-corrected chi connectivity index (χ1v) is 6.68. The summed E-state index contributed by atoms with van der Waals surface area (Å²) in [5, 5.41) is 0. The zero-order valence-electron chi connectivity index (χ0n) is 10.8. The number of carbonyl (C=O) groups is 1. The lowest BCUT2D eigenvalue weighted by molar-refractivity contribution is 0.0992. The van der Waals surface area contributed by atoms with Crippen molar-refractivity contribution in [1.29, 1.82) is 0 Å². The average Bonchev–Trinajstić information content (AvgIpc) is 2.41. The number of methoxy groups -OCH3 is 1. The largest absolute Gasteiger partial charge is 0.497 e. The van der Waals surface area contributed by atoms with Crippen molar-refractivity contribution in [3.8, 4) is 5.75 Å². The van der Waals surface area contributed by atoms with Gasteiger partial charge in [-0.25, -0.2) is 0 Å². The van der Waals surface area contributed by atoms with E-state index in [2.05, 4.69) is 20.9 Å². The van der Waals surface area contributed by atoms with Crippen molar-refractivity contribution in [1.82, 2.24) is 4.98 Å². The molecule has 0 radical (unpaired) electrons. The Morgan fingerprint density at radius 1 is 1.37 bits per heavy atom. The lowest BCUT2D eigenvalue weighted by Crippen LogP contribution is -2.07. The minimum absolute atomic E-state index is 0.0551. The average molecular weight is 320 g/mol. The molecule has 0 aliphatic rings. The van der Waals surface area contributed by atoms with E-state index < -0.39 is 0 Å². The van der Waals surface area contributed by atoms with E-state index in [-0.39, 0.29) is 5.78 Å². The fourth-order valence-corrected chi connectivity index (χ4v) is 2.25. The van der Waals surface area contributed by atoms with Gasteiger partial charge in [-0.05, 0) is 42.8 Å². The number of ketones is 1. The van der Waals surface area contributed by atoms with Gasteiger partial charge in [0.05, 0.1) is 7.11 Å². The van der Waals surface area contributed by atoms with E-state index in [1.54, 1.807) is 25.4 Å². The van der Waals surface area contributed by atoms with Crippen molar-refractivity contribution in [3.63, 3.8) is 0 Å². The molecule has 0 fully saturated rings. The Morgan fingerprint density at radius 2 is 2.16 bits per heavy atom. The molecule has 4 heteroatoms. The fourth-order valence-electron chi connectivity index (χ4n) is 1.86. The first-order valence-electron chi connectivity index (χ1n) is 5.89. The molecule has 1 heterocycles. The van der Waals surface area contributed by atoms with Gasteiger partial charge in [0.15, 0.2) is 5.78 Å². The van der Waals surface area contributed by atoms with E-state index in [1.165, 1.54) is 0 Å². The number of hydrogen-bond donors (Lipinski definition) is 0. The maximum absolute atomic E-state index is 12.3. The third kappa shape index (κ3) is 3.20. The van der Waals surface area contributed by atoms with Crippen LogP contribution in [0.2, 0.25) is 0 Å². The SMILES string of the molecule is COc1ccc(Br)c(CC(=O)c2cccnc2C)c1. The molecular weight excluding hydrogens is 306 g/mol. The molecule has 98 valence electrons. The first kappa shape index (κ1) is 13.7. The summed E-state index contributed by atoms with van der Waals surface area (Å²) in [6.07, 6.45) is 2.01. The number of aromatic nitrogens is 1. The molecule has 0 unspecified atom stereocenters. The van der Waals surface area contributed by atoms with Crippen LogP contribution in [0.5, 0.6) is 5.75 Å². The second-order valence-electron chi connectivity index (χ2n) is 4.19. The number of benzene rings is 1. The minimum atomic E-state index is 0.0551. The Labute approximate surface area is 120 Å². The number of ether oxygens (including phenoxy) is 1. The van der Waals surface area contributed by atoms with E-state index in [1.807, 2.05) is 25.1 Å². The summed E-state index contributed by atoms with van der Waals surface area (Å²) in [6.45, 7) is 1.84. The van der Waals surface area contributed by atoms with Gasteiger partial charge in [-0.3, -0.25) is 9.78 Å². The van der Waals surface area contributed by atoms with Gasteiger partial charge < -0.3 is 4.74 Å². The van der Waals surface area contributed by atoms with Crippen LogP contribution in [-0.4, -0.2) is 17.9 Å². The number of hydrogen-bond acceptors (Lipinski definition) is 3. The minimum Gasteiger partial charge on any atom is -0.497 e. The van der Waals surface area contributed by atoms with Gasteiger partial charge in [0, 0.05) is 28.3 Å². The third-order valence-electron chi connectivity index (χ3n) is 2.91. The summed E-state index contributed by atoms with van der Waals surface area (Å²) in [5.41, 5.74) is 2.33. The molecule has 1 aromatic carbocycles. The van der Waals surface area contributed by atoms with E-state index in [0.29, 0.717) is 12.0 Å². The number of nitrogens with zero attached hydrogens (tertiary/aromatic N) is 1. The van der Waals surface area contributed by atoms with Gasteiger partial charge in [-0.1, -0.05) is 15.9 Å². The van der Waals surface area contributed by atoms with Crippen LogP contribution in [0.25, 0.3) is 0 Å². The zero-order chi connectivity index (χ0) is 13.8. The standard InChI is InChI=1S/C15H14BrNO2/c1-10-13(4-3-7-17-10)15(18)9-11-8-12(19-2)5-6-14(11)16/h3-8H,9H2,1-2H3. The molecule has 0 atom stereocenters. The number of aryl methyl sites for hydroxylation is 1. The predicted octanol–water partition coefficient (Wildman–Crippen LogP) is 3.59. The maximum atomic E-state index is 12.3. The number of rotatable bonds is 4. The van der Waals surface area contributed by atoms with Crippen molar-refractivity contribution in [3.05, 3.63) is 57.8 Å². The highest BCUT2D eigenvalue weighted by molar-refractivity contribution is 9.10. The summed E-state index contributed by atoms with van der Waals surface area (Å²) >= 11 is 3.46. The van der Waals surface area contributed by atoms with Gasteiger partial charge in [-0.2, -0.15) is 0 Å². The van der Waals surface area contributed by atoms with Crippen molar-refractivity contribution in [2.45, 2.75) is 13.3 Å². The van der Waals surface area contributed by atoms with Crippen LogP contribution in [0.3, 0.4) is 0 Å². The number of carbonyl (C=O) groups excluding carboxylic acids is 1. The van der Waals surface area contributed by atoms with Crippen molar-refractivity contribution < 1.29 is 9.53 Å². The Hall–Kier alpha value is -1.68. The highest BCUT2D eigenvalue weighted by Gasteiger charge is 2.12. The molecule has 0 saturated heterocycles. The van der Waals surface area contributed by atoms with Crippen molar-refractivity contribution in [2.75, 3.05) is 7.11 Å². The molecule has 19 heavy (non-hydrogen) atoms. The molecule has 0 aliphatic heterocycles. The summed E-state index contributed by atoms with van der Waals surface area (Å²) < 4.78 is 6.08. The number of halogens is 1. The Bertz CT molecular complexity index is 611. The molecule has 0 amide bonds. The molecular formula is C15H14BrNO2. The maximum Gasteiger partial charge on any atom is 0.169 e. The number of Topliss-reactive ketones (excluding diaryl/α,β-unsaturated/α-hetero) is 1. The van der Waals surface area contributed by atoms with Gasteiger partial charge in [0.25, 0.3) is 0 Å². The lowest BCUT2D eigenvalue weighted by atomic mass is 10.0. The van der Waals surface area contributed by atoms with E-state index in [9.17, 15) is 4.79 Å². The lowest BCUT2D eigenvalue weighted by Gasteiger charge is -2.08. The normalized spacial score (nSPS) is 10.3. The van der Waals surface area contributed by atoms with Crippen LogP contribution in [-0.2, 0) is 6.42 Å². The summed E-state index contributed by atoms with van der Waals surface area (Å²) in [6, 6.07) is 9.19. The Morgan fingerprint density at radius 3 is 2.84 bits per heavy atom. The van der Waals surface area contributed by atoms with E-state index in [0.717, 1.165) is 21.5 Å². The smallest absolute Gasteiger partial charge is 0.169 e. The monoisotopic (exact) mass is 319 g/mol. The molecule has 0 aliphatic carbocycles. The highest BCUT2D eigenvalue weighted by atomic mass is 79.9. The summed E-state index contributed by atoms with van der Waals surface area (Å²) in [7, 11) is 1.61. The summed E-state index contributed by atoms with van der Waals surface area (Å²) in [4.78, 5) is 16.4. The van der Waals surface area contributed by atoms with E-state index in [4.69, 9.17) is 4.74 Å². The van der Waals surface area contributed by atoms with Crippen molar-refractivity contribution >= 4 is 21.7 Å². The van der Waals surface area contributed by atoms with E-state index >= 15 is 0 Å². The molecule has 0 saturated carbocycles. The molecule has 0 N–H and O–H groups in total. The molecule has 3 nitrogen and oxygen atoms in total. The van der Waals surface area contributed by atoms with Gasteiger partial charge in [0.1, 0.15) is 5.75 Å². The zero-order valence-corrected chi connectivity index (χ0v) is 12.4.